The molecule has 0 aromatic heterocycles. The van der Waals surface area contributed by atoms with E-state index >= 15 is 0 Å². The molecule has 2 rings (SSSR count). The first-order valence-corrected chi connectivity index (χ1v) is 7.83. The van der Waals surface area contributed by atoms with Crippen LogP contribution in [0.2, 0.25) is 0 Å². The van der Waals surface area contributed by atoms with Crippen LogP contribution in [0, 0.1) is 6.92 Å². The van der Waals surface area contributed by atoms with Gasteiger partial charge in [0.2, 0.25) is 0 Å². The molecule has 24 heavy (non-hydrogen) atoms. The standard InChI is InChI=1S/C19H23NO4/c1-5-16(24-15-8-6-7-13(2)11-15)19(21)20-14-9-10-17(22-3)18(12-14)23-4/h6-12,16H,5H2,1-4H3,(H,20,21). The second-order valence-corrected chi connectivity index (χ2v) is 5.39. The first-order valence-electron chi connectivity index (χ1n) is 7.83. The minimum atomic E-state index is -0.570. The molecule has 0 saturated carbocycles. The topological polar surface area (TPSA) is 56.8 Å². The fourth-order valence-electron chi connectivity index (χ4n) is 2.31. The van der Waals surface area contributed by atoms with Gasteiger partial charge in [0, 0.05) is 11.8 Å². The summed E-state index contributed by atoms with van der Waals surface area (Å²) in [7, 11) is 3.12. The average molecular weight is 329 g/mol. The number of carbonyl (C=O) groups is 1. The van der Waals surface area contributed by atoms with Gasteiger partial charge in [-0.15, -0.1) is 0 Å². The maximum Gasteiger partial charge on any atom is 0.265 e. The van der Waals surface area contributed by atoms with Crippen LogP contribution in [-0.4, -0.2) is 26.2 Å². The largest absolute Gasteiger partial charge is 0.493 e. The van der Waals surface area contributed by atoms with Crippen LogP contribution in [0.4, 0.5) is 5.69 Å². The van der Waals surface area contributed by atoms with E-state index < -0.39 is 6.10 Å². The van der Waals surface area contributed by atoms with Gasteiger partial charge in [0.15, 0.2) is 17.6 Å². The second-order valence-electron chi connectivity index (χ2n) is 5.39. The van der Waals surface area contributed by atoms with E-state index in [0.717, 1.165) is 5.56 Å². The number of rotatable bonds is 7. The highest BCUT2D eigenvalue weighted by atomic mass is 16.5. The number of aryl methyl sites for hydroxylation is 1. The number of carbonyl (C=O) groups excluding carboxylic acids is 1. The van der Waals surface area contributed by atoms with Gasteiger partial charge in [-0.05, 0) is 43.2 Å². The van der Waals surface area contributed by atoms with Gasteiger partial charge in [0.25, 0.3) is 5.91 Å². The predicted octanol–water partition coefficient (Wildman–Crippen LogP) is 3.81. The summed E-state index contributed by atoms with van der Waals surface area (Å²) in [5.41, 5.74) is 1.71. The lowest BCUT2D eigenvalue weighted by Gasteiger charge is -2.18. The van der Waals surface area contributed by atoms with Crippen molar-refractivity contribution in [1.82, 2.24) is 0 Å². The molecule has 2 aromatic rings. The summed E-state index contributed by atoms with van der Waals surface area (Å²) in [5, 5.41) is 2.85. The molecule has 0 spiro atoms. The third kappa shape index (κ3) is 4.41. The number of benzene rings is 2. The highest BCUT2D eigenvalue weighted by Gasteiger charge is 2.19. The Labute approximate surface area is 142 Å². The molecule has 0 bridgehead atoms. The normalized spacial score (nSPS) is 11.5. The average Bonchev–Trinajstić information content (AvgIpc) is 2.59. The van der Waals surface area contributed by atoms with Crippen molar-refractivity contribution >= 4 is 11.6 Å². The summed E-state index contributed by atoms with van der Waals surface area (Å²) in [6.07, 6.45) is -0.00698. The van der Waals surface area contributed by atoms with E-state index in [2.05, 4.69) is 5.32 Å². The Morgan fingerprint density at radius 1 is 1.08 bits per heavy atom. The molecule has 5 nitrogen and oxygen atoms in total. The zero-order chi connectivity index (χ0) is 17.5. The molecule has 0 saturated heterocycles. The minimum Gasteiger partial charge on any atom is -0.493 e. The molecule has 1 amide bonds. The molecule has 1 N–H and O–H groups in total. The maximum absolute atomic E-state index is 12.5. The van der Waals surface area contributed by atoms with Crippen LogP contribution in [0.15, 0.2) is 42.5 Å². The van der Waals surface area contributed by atoms with E-state index in [1.807, 2.05) is 38.1 Å². The van der Waals surface area contributed by atoms with Crippen LogP contribution in [0.5, 0.6) is 17.2 Å². The third-order valence-corrected chi connectivity index (χ3v) is 3.58. The van der Waals surface area contributed by atoms with Gasteiger partial charge in [0.05, 0.1) is 14.2 Å². The summed E-state index contributed by atoms with van der Waals surface area (Å²) in [5.74, 6) is 1.65. The third-order valence-electron chi connectivity index (χ3n) is 3.58. The van der Waals surface area contributed by atoms with Crippen molar-refractivity contribution in [1.29, 1.82) is 0 Å². The fourth-order valence-corrected chi connectivity index (χ4v) is 2.31. The number of hydrogen-bond donors (Lipinski definition) is 1. The van der Waals surface area contributed by atoms with Crippen LogP contribution in [0.1, 0.15) is 18.9 Å². The van der Waals surface area contributed by atoms with Crippen molar-refractivity contribution < 1.29 is 19.0 Å². The van der Waals surface area contributed by atoms with E-state index in [1.165, 1.54) is 0 Å². The molecule has 2 aromatic carbocycles. The van der Waals surface area contributed by atoms with Gasteiger partial charge in [-0.3, -0.25) is 4.79 Å². The van der Waals surface area contributed by atoms with Crippen molar-refractivity contribution in [3.05, 3.63) is 48.0 Å². The van der Waals surface area contributed by atoms with Gasteiger partial charge in [-0.1, -0.05) is 19.1 Å². The summed E-state index contributed by atoms with van der Waals surface area (Å²) in [6, 6.07) is 12.9. The van der Waals surface area contributed by atoms with Gasteiger partial charge in [-0.2, -0.15) is 0 Å². The van der Waals surface area contributed by atoms with Gasteiger partial charge >= 0.3 is 0 Å². The first kappa shape index (κ1) is 17.7. The molecule has 5 heteroatoms. The van der Waals surface area contributed by atoms with Crippen LogP contribution >= 0.6 is 0 Å². The maximum atomic E-state index is 12.5. The smallest absolute Gasteiger partial charge is 0.265 e. The van der Waals surface area contributed by atoms with E-state index in [1.54, 1.807) is 32.4 Å². The highest BCUT2D eigenvalue weighted by molar-refractivity contribution is 5.94. The second kappa shape index (κ2) is 8.24. The molecular formula is C19H23NO4. The van der Waals surface area contributed by atoms with Gasteiger partial charge in [-0.25, -0.2) is 0 Å². The number of nitrogens with one attached hydrogen (secondary N) is 1. The zero-order valence-corrected chi connectivity index (χ0v) is 14.5. The molecule has 0 radical (unpaired) electrons. The molecule has 0 aliphatic heterocycles. The summed E-state index contributed by atoms with van der Waals surface area (Å²) < 4.78 is 16.3. The van der Waals surface area contributed by atoms with Gasteiger partial charge in [0.1, 0.15) is 5.75 Å². The quantitative estimate of drug-likeness (QED) is 0.839. The molecular weight excluding hydrogens is 306 g/mol. The fraction of sp³-hybridized carbons (Fsp3) is 0.316. The molecule has 0 fully saturated rings. The Hall–Kier alpha value is -2.69. The molecule has 0 aliphatic carbocycles. The van der Waals surface area contributed by atoms with E-state index in [4.69, 9.17) is 14.2 Å². The van der Waals surface area contributed by atoms with Crippen LogP contribution in [-0.2, 0) is 4.79 Å². The number of methoxy groups -OCH3 is 2. The Kier molecular flexibility index (Phi) is 6.07. The van der Waals surface area contributed by atoms with Crippen LogP contribution in [0.25, 0.3) is 0 Å². The van der Waals surface area contributed by atoms with Crippen molar-refractivity contribution in [2.45, 2.75) is 26.4 Å². The summed E-state index contributed by atoms with van der Waals surface area (Å²) in [6.45, 7) is 3.90. The predicted molar refractivity (Wildman–Crippen MR) is 94.1 cm³/mol. The molecule has 0 heterocycles. The Balaban J connectivity index is 2.09. The van der Waals surface area contributed by atoms with E-state index in [-0.39, 0.29) is 5.91 Å². The monoisotopic (exact) mass is 329 g/mol. The van der Waals surface area contributed by atoms with Crippen molar-refractivity contribution in [3.63, 3.8) is 0 Å². The summed E-state index contributed by atoms with van der Waals surface area (Å²) >= 11 is 0. The SMILES string of the molecule is CCC(Oc1cccc(C)c1)C(=O)Nc1ccc(OC)c(OC)c1. The molecule has 1 atom stereocenters. The number of hydrogen-bond acceptors (Lipinski definition) is 4. The zero-order valence-electron chi connectivity index (χ0n) is 14.5. The van der Waals surface area contributed by atoms with E-state index in [9.17, 15) is 4.79 Å². The molecule has 128 valence electrons. The number of amides is 1. The van der Waals surface area contributed by atoms with Crippen molar-refractivity contribution in [3.8, 4) is 17.2 Å². The van der Waals surface area contributed by atoms with Crippen molar-refractivity contribution in [2.75, 3.05) is 19.5 Å². The Morgan fingerprint density at radius 2 is 1.83 bits per heavy atom. The minimum absolute atomic E-state index is 0.203. The lowest BCUT2D eigenvalue weighted by Crippen LogP contribution is -2.32. The van der Waals surface area contributed by atoms with Crippen LogP contribution in [0.3, 0.4) is 0 Å². The molecule has 0 aliphatic rings. The first-order chi connectivity index (χ1) is 11.6. The Morgan fingerprint density at radius 3 is 2.46 bits per heavy atom. The van der Waals surface area contributed by atoms with Crippen LogP contribution < -0.4 is 19.5 Å². The van der Waals surface area contributed by atoms with Crippen molar-refractivity contribution in [2.24, 2.45) is 0 Å². The summed E-state index contributed by atoms with van der Waals surface area (Å²) in [4.78, 5) is 12.5. The molecule has 1 unspecified atom stereocenters. The lowest BCUT2D eigenvalue weighted by molar-refractivity contribution is -0.122. The van der Waals surface area contributed by atoms with E-state index in [0.29, 0.717) is 29.4 Å². The Bertz CT molecular complexity index is 700. The highest BCUT2D eigenvalue weighted by Crippen LogP contribution is 2.30. The lowest BCUT2D eigenvalue weighted by atomic mass is 10.2. The number of ether oxygens (including phenoxy) is 3. The number of anilines is 1. The van der Waals surface area contributed by atoms with Gasteiger partial charge < -0.3 is 19.5 Å².